The van der Waals surface area contributed by atoms with Crippen molar-refractivity contribution in [2.24, 2.45) is 5.92 Å². The number of carbonyl (C=O) groups excluding carboxylic acids is 3. The zero-order valence-corrected chi connectivity index (χ0v) is 6.00. The molecule has 0 saturated heterocycles. The van der Waals surface area contributed by atoms with Gasteiger partial charge < -0.3 is 9.59 Å². The van der Waals surface area contributed by atoms with Gasteiger partial charge in [0.05, 0.1) is 11.8 Å². The first-order valence-corrected chi connectivity index (χ1v) is 3.27. The van der Waals surface area contributed by atoms with Crippen molar-refractivity contribution >= 4 is 30.0 Å². The minimum Gasteiger partial charge on any atom is -0.303 e. The highest BCUT2D eigenvalue weighted by Gasteiger charge is 2.14. The average Bonchev–Trinajstić information content (AvgIpc) is 1.99. The van der Waals surface area contributed by atoms with Crippen LogP contribution in [-0.4, -0.2) is 24.2 Å². The normalized spacial score (nSPS) is 12.1. The summed E-state index contributed by atoms with van der Waals surface area (Å²) in [5, 5.41) is 0. The molecule has 3 nitrogen and oxygen atoms in total. The molecule has 0 N–H and O–H groups in total. The molecular formula is C6H7ClO3. The fourth-order valence-corrected chi connectivity index (χ4v) is 0.664. The quantitative estimate of drug-likeness (QED) is 0.330. The Morgan fingerprint density at radius 3 is 2.40 bits per heavy atom. The standard InChI is InChI=1S/C6H7ClO3/c7-3-6(10)5(4-9)1-2-8/h2,4-5H,1,3H2. The molecule has 0 rings (SSSR count). The molecule has 0 fully saturated rings. The van der Waals surface area contributed by atoms with Gasteiger partial charge >= 0.3 is 0 Å². The number of carbonyl (C=O) groups is 3. The van der Waals surface area contributed by atoms with Gasteiger partial charge in [-0.1, -0.05) is 0 Å². The Hall–Kier alpha value is -0.700. The second kappa shape index (κ2) is 5.11. The molecule has 0 saturated carbocycles. The molecule has 1 atom stereocenters. The first-order valence-electron chi connectivity index (χ1n) is 2.73. The van der Waals surface area contributed by atoms with Crippen LogP contribution in [0.1, 0.15) is 6.42 Å². The Labute approximate surface area is 63.4 Å². The van der Waals surface area contributed by atoms with Crippen LogP contribution in [0.25, 0.3) is 0 Å². The summed E-state index contributed by atoms with van der Waals surface area (Å²) in [5.74, 6) is -1.45. The average molecular weight is 163 g/mol. The largest absolute Gasteiger partial charge is 0.303 e. The van der Waals surface area contributed by atoms with E-state index in [1.165, 1.54) is 0 Å². The maximum atomic E-state index is 10.6. The molecule has 0 aliphatic carbocycles. The number of hydrogen-bond acceptors (Lipinski definition) is 3. The molecule has 0 aliphatic rings. The molecule has 0 aliphatic heterocycles. The lowest BCUT2D eigenvalue weighted by atomic mass is 10.0. The molecule has 10 heavy (non-hydrogen) atoms. The molecule has 0 radical (unpaired) electrons. The van der Waals surface area contributed by atoms with Crippen LogP contribution in [0.2, 0.25) is 0 Å². The SMILES string of the molecule is O=CCC(C=O)C(=O)CCl. The van der Waals surface area contributed by atoms with Gasteiger partial charge in [-0.3, -0.25) is 4.79 Å². The van der Waals surface area contributed by atoms with E-state index in [0.29, 0.717) is 12.6 Å². The summed E-state index contributed by atoms with van der Waals surface area (Å²) >= 11 is 5.14. The molecule has 0 heterocycles. The van der Waals surface area contributed by atoms with Crippen molar-refractivity contribution in [3.8, 4) is 0 Å². The Morgan fingerprint density at radius 2 is 2.10 bits per heavy atom. The third kappa shape index (κ3) is 2.73. The van der Waals surface area contributed by atoms with E-state index >= 15 is 0 Å². The van der Waals surface area contributed by atoms with Gasteiger partial charge in [-0.25, -0.2) is 0 Å². The van der Waals surface area contributed by atoms with E-state index in [4.69, 9.17) is 11.6 Å². The molecule has 0 aromatic heterocycles. The highest BCUT2D eigenvalue weighted by Crippen LogP contribution is 1.99. The summed E-state index contributed by atoms with van der Waals surface area (Å²) in [6.07, 6.45) is 0.914. The van der Waals surface area contributed by atoms with Crippen molar-refractivity contribution in [3.05, 3.63) is 0 Å². The lowest BCUT2D eigenvalue weighted by Gasteiger charge is -1.99. The third-order valence-electron chi connectivity index (χ3n) is 1.06. The van der Waals surface area contributed by atoms with Crippen LogP contribution in [0.3, 0.4) is 0 Å². The Bertz CT molecular complexity index is 144. The molecule has 1 unspecified atom stereocenters. The molecule has 56 valence electrons. The van der Waals surface area contributed by atoms with Gasteiger partial charge in [0.15, 0.2) is 5.78 Å². The maximum Gasteiger partial charge on any atom is 0.158 e. The number of Topliss-reactive ketones (excluding diaryl/α,β-unsaturated/α-hetero) is 1. The predicted octanol–water partition coefficient (Wildman–Crippen LogP) is 0.198. The lowest BCUT2D eigenvalue weighted by Crippen LogP contribution is -2.17. The minimum atomic E-state index is -0.838. The van der Waals surface area contributed by atoms with Crippen LogP contribution in [0.4, 0.5) is 0 Å². The van der Waals surface area contributed by atoms with Gasteiger partial charge in [0.1, 0.15) is 12.6 Å². The molecular weight excluding hydrogens is 156 g/mol. The zero-order chi connectivity index (χ0) is 7.98. The fourth-order valence-electron chi connectivity index (χ4n) is 0.466. The number of halogens is 1. The number of alkyl halides is 1. The molecule has 0 aromatic carbocycles. The molecule has 4 heteroatoms. The number of aldehydes is 2. The van der Waals surface area contributed by atoms with Crippen molar-refractivity contribution in [1.29, 1.82) is 0 Å². The van der Waals surface area contributed by atoms with Crippen LogP contribution in [-0.2, 0) is 14.4 Å². The zero-order valence-electron chi connectivity index (χ0n) is 5.25. The summed E-state index contributed by atoms with van der Waals surface area (Å²) in [6.45, 7) is 0. The highest BCUT2D eigenvalue weighted by atomic mass is 35.5. The van der Waals surface area contributed by atoms with E-state index in [-0.39, 0.29) is 12.3 Å². The summed E-state index contributed by atoms with van der Waals surface area (Å²) < 4.78 is 0. The monoisotopic (exact) mass is 162 g/mol. The lowest BCUT2D eigenvalue weighted by molar-refractivity contribution is -0.127. The molecule has 0 aromatic rings. The topological polar surface area (TPSA) is 51.2 Å². The summed E-state index contributed by atoms with van der Waals surface area (Å²) in [7, 11) is 0. The smallest absolute Gasteiger partial charge is 0.158 e. The van der Waals surface area contributed by atoms with Crippen LogP contribution in [0.15, 0.2) is 0 Å². The van der Waals surface area contributed by atoms with Crippen molar-refractivity contribution in [2.45, 2.75) is 6.42 Å². The van der Waals surface area contributed by atoms with Crippen LogP contribution in [0, 0.1) is 5.92 Å². The van der Waals surface area contributed by atoms with Gasteiger partial charge in [-0.05, 0) is 0 Å². The highest BCUT2D eigenvalue weighted by molar-refractivity contribution is 6.29. The fraction of sp³-hybridized carbons (Fsp3) is 0.500. The summed E-state index contributed by atoms with van der Waals surface area (Å²) in [4.78, 5) is 30.5. The van der Waals surface area contributed by atoms with Gasteiger partial charge in [0, 0.05) is 6.42 Å². The van der Waals surface area contributed by atoms with E-state index in [1.807, 2.05) is 0 Å². The van der Waals surface area contributed by atoms with Crippen molar-refractivity contribution in [3.63, 3.8) is 0 Å². The number of ketones is 1. The van der Waals surface area contributed by atoms with Crippen LogP contribution in [0.5, 0.6) is 0 Å². The van der Waals surface area contributed by atoms with Crippen molar-refractivity contribution in [2.75, 3.05) is 5.88 Å². The van der Waals surface area contributed by atoms with Crippen LogP contribution < -0.4 is 0 Å². The Morgan fingerprint density at radius 1 is 1.50 bits per heavy atom. The van der Waals surface area contributed by atoms with E-state index in [1.54, 1.807) is 0 Å². The van der Waals surface area contributed by atoms with Gasteiger partial charge in [0.2, 0.25) is 0 Å². The van der Waals surface area contributed by atoms with E-state index in [0.717, 1.165) is 0 Å². The van der Waals surface area contributed by atoms with Gasteiger partial charge in [-0.15, -0.1) is 11.6 Å². The van der Waals surface area contributed by atoms with Gasteiger partial charge in [-0.2, -0.15) is 0 Å². The van der Waals surface area contributed by atoms with Crippen molar-refractivity contribution < 1.29 is 14.4 Å². The minimum absolute atomic E-state index is 0.0605. The molecule has 0 spiro atoms. The van der Waals surface area contributed by atoms with Crippen LogP contribution >= 0.6 is 11.6 Å². The molecule has 0 bridgehead atoms. The van der Waals surface area contributed by atoms with E-state index in [2.05, 4.69) is 0 Å². The molecule has 0 amide bonds. The second-order valence-corrected chi connectivity index (χ2v) is 2.01. The first-order chi connectivity index (χ1) is 4.76. The number of hydrogen-bond donors (Lipinski definition) is 0. The van der Waals surface area contributed by atoms with Gasteiger partial charge in [0.25, 0.3) is 0 Å². The Balaban J connectivity index is 3.91. The third-order valence-corrected chi connectivity index (χ3v) is 1.32. The maximum absolute atomic E-state index is 10.6. The summed E-state index contributed by atoms with van der Waals surface area (Å²) in [5.41, 5.74) is 0. The van der Waals surface area contributed by atoms with Crippen molar-refractivity contribution in [1.82, 2.24) is 0 Å². The van der Waals surface area contributed by atoms with E-state index < -0.39 is 11.7 Å². The Kier molecular flexibility index (Phi) is 4.76. The van der Waals surface area contributed by atoms with E-state index in [9.17, 15) is 14.4 Å². The predicted molar refractivity (Wildman–Crippen MR) is 36.0 cm³/mol. The second-order valence-electron chi connectivity index (χ2n) is 1.74. The number of rotatable bonds is 5. The summed E-state index contributed by atoms with van der Waals surface area (Å²) in [6, 6.07) is 0. The first kappa shape index (κ1) is 9.30.